The van der Waals surface area contributed by atoms with Crippen LogP contribution in [0.4, 0.5) is 0 Å². The van der Waals surface area contributed by atoms with Crippen molar-refractivity contribution in [2.45, 2.75) is 19.4 Å². The van der Waals surface area contributed by atoms with E-state index in [0.29, 0.717) is 6.04 Å². The second kappa shape index (κ2) is 5.89. The lowest BCUT2D eigenvalue weighted by molar-refractivity contribution is -0.622. The molecule has 1 aliphatic rings. The zero-order chi connectivity index (χ0) is 13.8. The zero-order valence-corrected chi connectivity index (χ0v) is 11.8. The summed E-state index contributed by atoms with van der Waals surface area (Å²) in [6.07, 6.45) is 5.75. The van der Waals surface area contributed by atoms with Crippen LogP contribution in [-0.2, 0) is 0 Å². The highest BCUT2D eigenvalue weighted by Gasteiger charge is 2.19. The molecule has 3 rings (SSSR count). The molecule has 0 fully saturated rings. The normalized spacial score (nSPS) is 18.4. The van der Waals surface area contributed by atoms with Crippen molar-refractivity contribution >= 4 is 5.57 Å². The van der Waals surface area contributed by atoms with E-state index in [4.69, 9.17) is 0 Å². The van der Waals surface area contributed by atoms with E-state index >= 15 is 0 Å². The largest absolute Gasteiger partial charge is 0.310 e. The second-order valence-corrected chi connectivity index (χ2v) is 5.12. The summed E-state index contributed by atoms with van der Waals surface area (Å²) in [4.78, 5) is 0. The molecule has 0 saturated carbocycles. The molecule has 0 spiro atoms. The minimum atomic E-state index is 0.401. The quantitative estimate of drug-likeness (QED) is 0.869. The van der Waals surface area contributed by atoms with Crippen LogP contribution in [0.15, 0.2) is 78.5 Å². The standard InChI is InChI=1S/C19H19N/c1-2-15-13-19(17-11-7-4-8-12-17)20-14-18(15)16-9-5-3-6-10-16/h3-14,19-20H,2H2,1H3/p+1. The van der Waals surface area contributed by atoms with E-state index in [1.807, 2.05) is 0 Å². The maximum absolute atomic E-state index is 2.40. The highest BCUT2D eigenvalue weighted by molar-refractivity contribution is 5.78. The average Bonchev–Trinajstić information content (AvgIpc) is 2.56. The van der Waals surface area contributed by atoms with Crippen LogP contribution in [-0.4, -0.2) is 0 Å². The van der Waals surface area contributed by atoms with Gasteiger partial charge in [0, 0.05) is 11.1 Å². The van der Waals surface area contributed by atoms with Crippen molar-refractivity contribution < 1.29 is 5.32 Å². The molecule has 1 unspecified atom stereocenters. The lowest BCUT2D eigenvalue weighted by Gasteiger charge is -2.20. The molecule has 0 aromatic heterocycles. The molecule has 0 amide bonds. The Morgan fingerprint density at radius 2 is 1.55 bits per heavy atom. The van der Waals surface area contributed by atoms with Crippen molar-refractivity contribution in [3.8, 4) is 0 Å². The van der Waals surface area contributed by atoms with Crippen LogP contribution in [0.1, 0.15) is 30.5 Å². The third kappa shape index (κ3) is 2.59. The van der Waals surface area contributed by atoms with Gasteiger partial charge in [-0.15, -0.1) is 0 Å². The number of hydrogen-bond donors (Lipinski definition) is 1. The molecule has 0 aliphatic carbocycles. The van der Waals surface area contributed by atoms with Gasteiger partial charge < -0.3 is 5.32 Å². The van der Waals surface area contributed by atoms with Crippen molar-refractivity contribution in [1.82, 2.24) is 0 Å². The monoisotopic (exact) mass is 262 g/mol. The van der Waals surface area contributed by atoms with Crippen LogP contribution in [0, 0.1) is 0 Å². The minimum Gasteiger partial charge on any atom is -0.310 e. The fourth-order valence-electron chi connectivity index (χ4n) is 2.76. The average molecular weight is 262 g/mol. The van der Waals surface area contributed by atoms with Crippen LogP contribution in [0.3, 0.4) is 0 Å². The molecule has 0 radical (unpaired) electrons. The first-order valence-electron chi connectivity index (χ1n) is 7.25. The van der Waals surface area contributed by atoms with Crippen molar-refractivity contribution in [2.75, 3.05) is 0 Å². The van der Waals surface area contributed by atoms with E-state index in [0.717, 1.165) is 6.42 Å². The molecule has 1 atom stereocenters. The van der Waals surface area contributed by atoms with Crippen molar-refractivity contribution in [3.05, 3.63) is 89.6 Å². The molecule has 0 bridgehead atoms. The first-order valence-corrected chi connectivity index (χ1v) is 7.25. The smallest absolute Gasteiger partial charge is 0.135 e. The fraction of sp³-hybridized carbons (Fsp3) is 0.158. The van der Waals surface area contributed by atoms with Gasteiger partial charge in [-0.1, -0.05) is 67.6 Å². The van der Waals surface area contributed by atoms with Crippen molar-refractivity contribution in [2.24, 2.45) is 0 Å². The number of benzene rings is 2. The Kier molecular flexibility index (Phi) is 3.80. The molecule has 2 N–H and O–H groups in total. The number of allylic oxidation sites excluding steroid dienone is 2. The van der Waals surface area contributed by atoms with Gasteiger partial charge in [-0.3, -0.25) is 0 Å². The molecule has 2 aromatic rings. The molecular weight excluding hydrogens is 242 g/mol. The Morgan fingerprint density at radius 1 is 0.900 bits per heavy atom. The summed E-state index contributed by atoms with van der Waals surface area (Å²) in [5.41, 5.74) is 5.47. The Morgan fingerprint density at radius 3 is 2.20 bits per heavy atom. The predicted octanol–water partition coefficient (Wildman–Crippen LogP) is 3.68. The molecule has 0 saturated heterocycles. The molecule has 1 heterocycles. The summed E-state index contributed by atoms with van der Waals surface area (Å²) in [6.45, 7) is 2.23. The molecule has 1 nitrogen and oxygen atoms in total. The van der Waals surface area contributed by atoms with Gasteiger partial charge in [0.25, 0.3) is 0 Å². The third-order valence-electron chi connectivity index (χ3n) is 3.85. The van der Waals surface area contributed by atoms with Crippen molar-refractivity contribution in [1.29, 1.82) is 0 Å². The van der Waals surface area contributed by atoms with Gasteiger partial charge in [-0.2, -0.15) is 0 Å². The maximum Gasteiger partial charge on any atom is 0.135 e. The van der Waals surface area contributed by atoms with Gasteiger partial charge >= 0.3 is 0 Å². The van der Waals surface area contributed by atoms with Gasteiger partial charge in [0.15, 0.2) is 0 Å². The Labute approximate surface area is 120 Å². The Hall–Kier alpha value is -2.12. The zero-order valence-electron chi connectivity index (χ0n) is 11.8. The minimum absolute atomic E-state index is 0.401. The van der Waals surface area contributed by atoms with Crippen molar-refractivity contribution in [3.63, 3.8) is 0 Å². The van der Waals surface area contributed by atoms with E-state index in [1.165, 1.54) is 22.3 Å². The Bertz CT molecular complexity index is 623. The summed E-state index contributed by atoms with van der Waals surface area (Å²) in [5, 5.41) is 2.30. The van der Waals surface area contributed by atoms with Gasteiger partial charge in [0.05, 0.1) is 0 Å². The molecule has 2 aromatic carbocycles. The lowest BCUT2D eigenvalue weighted by Crippen LogP contribution is -2.79. The highest BCUT2D eigenvalue weighted by atomic mass is 14.9. The molecule has 1 aliphatic heterocycles. The number of hydrogen-bond acceptors (Lipinski definition) is 0. The van der Waals surface area contributed by atoms with E-state index in [2.05, 4.69) is 85.2 Å². The van der Waals surface area contributed by atoms with E-state index in [1.54, 1.807) is 0 Å². The molecule has 20 heavy (non-hydrogen) atoms. The summed E-state index contributed by atoms with van der Waals surface area (Å²) in [7, 11) is 0. The van der Waals surface area contributed by atoms with Crippen LogP contribution < -0.4 is 5.32 Å². The van der Waals surface area contributed by atoms with E-state index < -0.39 is 0 Å². The van der Waals surface area contributed by atoms with Crippen LogP contribution >= 0.6 is 0 Å². The highest BCUT2D eigenvalue weighted by Crippen LogP contribution is 2.28. The number of rotatable bonds is 3. The maximum atomic E-state index is 2.40. The lowest BCUT2D eigenvalue weighted by atomic mass is 9.91. The first kappa shape index (κ1) is 12.9. The Balaban J connectivity index is 1.91. The second-order valence-electron chi connectivity index (χ2n) is 5.12. The number of nitrogens with two attached hydrogens (primary N) is 1. The molecular formula is C19H20N+. The van der Waals surface area contributed by atoms with Gasteiger partial charge in [-0.25, -0.2) is 0 Å². The summed E-state index contributed by atoms with van der Waals surface area (Å²) in [5.74, 6) is 0. The van der Waals surface area contributed by atoms with E-state index in [9.17, 15) is 0 Å². The van der Waals surface area contributed by atoms with Gasteiger partial charge in [-0.05, 0) is 23.6 Å². The predicted molar refractivity (Wildman–Crippen MR) is 83.9 cm³/mol. The van der Waals surface area contributed by atoms with Gasteiger partial charge in [0.1, 0.15) is 12.2 Å². The SMILES string of the molecule is CCC1=CC(c2ccccc2)[NH2+]C=C1c1ccccc1. The first-order chi connectivity index (χ1) is 9.88. The summed E-state index contributed by atoms with van der Waals surface area (Å²) in [6, 6.07) is 21.7. The summed E-state index contributed by atoms with van der Waals surface area (Å²) >= 11 is 0. The topological polar surface area (TPSA) is 16.6 Å². The van der Waals surface area contributed by atoms with E-state index in [-0.39, 0.29) is 0 Å². The number of quaternary nitrogens is 1. The van der Waals surface area contributed by atoms with Crippen LogP contribution in [0.25, 0.3) is 5.57 Å². The summed E-state index contributed by atoms with van der Waals surface area (Å²) < 4.78 is 0. The third-order valence-corrected chi connectivity index (χ3v) is 3.85. The molecule has 100 valence electrons. The van der Waals surface area contributed by atoms with Crippen LogP contribution in [0.2, 0.25) is 0 Å². The molecule has 1 heteroatoms. The van der Waals surface area contributed by atoms with Crippen LogP contribution in [0.5, 0.6) is 0 Å². The fourth-order valence-corrected chi connectivity index (χ4v) is 2.76. The van der Waals surface area contributed by atoms with Gasteiger partial charge in [0.2, 0.25) is 0 Å².